The van der Waals surface area contributed by atoms with Gasteiger partial charge in [0.05, 0.1) is 11.0 Å². The summed E-state index contributed by atoms with van der Waals surface area (Å²) in [5, 5.41) is -0.485. The van der Waals surface area contributed by atoms with Gasteiger partial charge >= 0.3 is 0 Å². The Morgan fingerprint density at radius 3 is 2.69 bits per heavy atom. The third-order valence-electron chi connectivity index (χ3n) is 2.44. The summed E-state index contributed by atoms with van der Waals surface area (Å²) in [4.78, 5) is 0. The molecule has 1 unspecified atom stereocenters. The molecule has 0 amide bonds. The lowest BCUT2D eigenvalue weighted by Gasteiger charge is -2.11. The number of halogens is 1. The van der Waals surface area contributed by atoms with Crippen molar-refractivity contribution in [1.82, 2.24) is 0 Å². The quantitative estimate of drug-likeness (QED) is 0.854. The van der Waals surface area contributed by atoms with Crippen molar-refractivity contribution >= 4 is 9.84 Å². The first kappa shape index (κ1) is 13.1. The second kappa shape index (κ2) is 5.41. The van der Waals surface area contributed by atoms with E-state index in [0.29, 0.717) is 18.5 Å². The minimum absolute atomic E-state index is 0.133. The van der Waals surface area contributed by atoms with Crippen LogP contribution in [0.1, 0.15) is 18.9 Å². The molecule has 0 heterocycles. The molecule has 1 aromatic rings. The highest BCUT2D eigenvalue weighted by atomic mass is 32.2. The van der Waals surface area contributed by atoms with Crippen LogP contribution in [-0.4, -0.2) is 20.2 Å². The fraction of sp³-hybridized carbons (Fsp3) is 0.455. The van der Waals surface area contributed by atoms with Gasteiger partial charge in [-0.3, -0.25) is 0 Å². The van der Waals surface area contributed by atoms with Gasteiger partial charge in [0.15, 0.2) is 9.84 Å². The van der Waals surface area contributed by atoms with Crippen molar-refractivity contribution in [3.63, 3.8) is 0 Å². The van der Waals surface area contributed by atoms with Crippen molar-refractivity contribution in [1.29, 1.82) is 0 Å². The van der Waals surface area contributed by atoms with E-state index in [2.05, 4.69) is 0 Å². The molecule has 0 bridgehead atoms. The van der Waals surface area contributed by atoms with Crippen molar-refractivity contribution in [2.45, 2.75) is 24.3 Å². The topological polar surface area (TPSA) is 60.2 Å². The Labute approximate surface area is 95.4 Å². The molecule has 1 atom stereocenters. The summed E-state index contributed by atoms with van der Waals surface area (Å²) < 4.78 is 36.5. The predicted octanol–water partition coefficient (Wildman–Crippen LogP) is 1.48. The Morgan fingerprint density at radius 1 is 1.44 bits per heavy atom. The summed E-state index contributed by atoms with van der Waals surface area (Å²) in [5.74, 6) is -0.550. The molecule has 0 aliphatic carbocycles. The molecule has 3 nitrogen and oxygen atoms in total. The van der Waals surface area contributed by atoms with Gasteiger partial charge in [0.2, 0.25) is 0 Å². The number of hydrogen-bond donors (Lipinski definition) is 1. The van der Waals surface area contributed by atoms with Gasteiger partial charge in [0.25, 0.3) is 0 Å². The number of sulfone groups is 1. The molecule has 0 spiro atoms. The van der Waals surface area contributed by atoms with Crippen LogP contribution in [0.2, 0.25) is 0 Å². The standard InChI is InChI=1S/C11H16FNO2S/c1-9(5-6-13)16(14,15)8-10-3-2-4-11(12)7-10/h2-4,7,9H,5-6,8,13H2,1H3. The minimum atomic E-state index is -3.24. The molecular weight excluding hydrogens is 229 g/mol. The summed E-state index contributed by atoms with van der Waals surface area (Å²) in [7, 11) is -3.24. The van der Waals surface area contributed by atoms with E-state index in [0.717, 1.165) is 0 Å². The molecule has 0 aliphatic heterocycles. The van der Waals surface area contributed by atoms with Crippen LogP contribution in [0.3, 0.4) is 0 Å². The van der Waals surface area contributed by atoms with Gasteiger partial charge in [-0.2, -0.15) is 0 Å². The molecular formula is C11H16FNO2S. The molecule has 0 saturated carbocycles. The SMILES string of the molecule is CC(CCN)S(=O)(=O)Cc1cccc(F)c1. The largest absolute Gasteiger partial charge is 0.330 e. The highest BCUT2D eigenvalue weighted by molar-refractivity contribution is 7.91. The fourth-order valence-corrected chi connectivity index (χ4v) is 2.84. The Hall–Kier alpha value is -0.940. The summed E-state index contributed by atoms with van der Waals surface area (Å²) in [6.07, 6.45) is 0.428. The second-order valence-electron chi connectivity index (χ2n) is 3.83. The molecule has 5 heteroatoms. The van der Waals surface area contributed by atoms with Crippen LogP contribution in [0.25, 0.3) is 0 Å². The molecule has 16 heavy (non-hydrogen) atoms. The molecule has 0 saturated heterocycles. The van der Waals surface area contributed by atoms with Gasteiger partial charge < -0.3 is 5.73 Å². The van der Waals surface area contributed by atoms with Crippen molar-refractivity contribution in [3.05, 3.63) is 35.6 Å². The smallest absolute Gasteiger partial charge is 0.157 e. The fourth-order valence-electron chi connectivity index (χ4n) is 1.42. The lowest BCUT2D eigenvalue weighted by atomic mass is 10.2. The van der Waals surface area contributed by atoms with Gasteiger partial charge in [-0.1, -0.05) is 12.1 Å². The van der Waals surface area contributed by atoms with Gasteiger partial charge in [-0.25, -0.2) is 12.8 Å². The molecule has 1 rings (SSSR count). The number of benzene rings is 1. The van der Waals surface area contributed by atoms with Gasteiger partial charge in [-0.15, -0.1) is 0 Å². The van der Waals surface area contributed by atoms with Crippen LogP contribution in [0.5, 0.6) is 0 Å². The van der Waals surface area contributed by atoms with E-state index in [1.807, 2.05) is 0 Å². The van der Waals surface area contributed by atoms with Crippen LogP contribution in [0.15, 0.2) is 24.3 Å². The van der Waals surface area contributed by atoms with Crippen LogP contribution in [0, 0.1) is 5.82 Å². The summed E-state index contributed by atoms with van der Waals surface area (Å²) in [5.41, 5.74) is 5.79. The highest BCUT2D eigenvalue weighted by Crippen LogP contribution is 2.14. The average Bonchev–Trinajstić information content (AvgIpc) is 2.17. The first-order chi connectivity index (χ1) is 7.45. The summed E-state index contributed by atoms with van der Waals surface area (Å²) >= 11 is 0. The van der Waals surface area contributed by atoms with Crippen LogP contribution in [0.4, 0.5) is 4.39 Å². The average molecular weight is 245 g/mol. The van der Waals surface area contributed by atoms with E-state index in [4.69, 9.17) is 5.73 Å². The van der Waals surface area contributed by atoms with E-state index in [9.17, 15) is 12.8 Å². The lowest BCUT2D eigenvalue weighted by Crippen LogP contribution is -2.22. The van der Waals surface area contributed by atoms with E-state index >= 15 is 0 Å². The Kier molecular flexibility index (Phi) is 4.44. The van der Waals surface area contributed by atoms with E-state index in [1.165, 1.54) is 18.2 Å². The lowest BCUT2D eigenvalue weighted by molar-refractivity contribution is 0.577. The molecule has 90 valence electrons. The van der Waals surface area contributed by atoms with Crippen molar-refractivity contribution < 1.29 is 12.8 Å². The zero-order valence-corrected chi connectivity index (χ0v) is 10.0. The maximum atomic E-state index is 12.9. The third kappa shape index (κ3) is 3.57. The van der Waals surface area contributed by atoms with Gasteiger partial charge in [0, 0.05) is 0 Å². The Balaban J connectivity index is 2.80. The second-order valence-corrected chi connectivity index (χ2v) is 6.24. The number of nitrogens with two attached hydrogens (primary N) is 1. The summed E-state index contributed by atoms with van der Waals surface area (Å²) in [6, 6.07) is 5.65. The maximum Gasteiger partial charge on any atom is 0.157 e. The third-order valence-corrected chi connectivity index (χ3v) is 4.64. The van der Waals surface area contributed by atoms with Crippen LogP contribution >= 0.6 is 0 Å². The van der Waals surface area contributed by atoms with Crippen LogP contribution < -0.4 is 5.73 Å². The summed E-state index contributed by atoms with van der Waals surface area (Å²) in [6.45, 7) is 1.96. The minimum Gasteiger partial charge on any atom is -0.330 e. The number of hydrogen-bond acceptors (Lipinski definition) is 3. The maximum absolute atomic E-state index is 12.9. The number of rotatable bonds is 5. The van der Waals surface area contributed by atoms with E-state index < -0.39 is 20.9 Å². The van der Waals surface area contributed by atoms with E-state index in [1.54, 1.807) is 13.0 Å². The van der Waals surface area contributed by atoms with Crippen molar-refractivity contribution in [2.75, 3.05) is 6.54 Å². The first-order valence-corrected chi connectivity index (χ1v) is 6.83. The zero-order chi connectivity index (χ0) is 12.2. The van der Waals surface area contributed by atoms with Gasteiger partial charge in [-0.05, 0) is 37.6 Å². The van der Waals surface area contributed by atoms with Crippen molar-refractivity contribution in [3.8, 4) is 0 Å². The molecule has 0 aromatic heterocycles. The van der Waals surface area contributed by atoms with Crippen LogP contribution in [-0.2, 0) is 15.6 Å². The molecule has 0 radical (unpaired) electrons. The Bertz CT molecular complexity index is 445. The zero-order valence-electron chi connectivity index (χ0n) is 9.19. The molecule has 1 aromatic carbocycles. The monoisotopic (exact) mass is 245 g/mol. The molecule has 2 N–H and O–H groups in total. The van der Waals surface area contributed by atoms with E-state index in [-0.39, 0.29) is 5.75 Å². The molecule has 0 fully saturated rings. The Morgan fingerprint density at radius 2 is 2.12 bits per heavy atom. The first-order valence-electron chi connectivity index (χ1n) is 5.12. The van der Waals surface area contributed by atoms with Crippen molar-refractivity contribution in [2.24, 2.45) is 5.73 Å². The molecule has 0 aliphatic rings. The highest BCUT2D eigenvalue weighted by Gasteiger charge is 2.20. The predicted molar refractivity (Wildman–Crippen MR) is 62.2 cm³/mol. The van der Waals surface area contributed by atoms with Gasteiger partial charge in [0.1, 0.15) is 5.82 Å². The normalized spacial score (nSPS) is 13.7.